The van der Waals surface area contributed by atoms with E-state index in [1.807, 2.05) is 0 Å². The largest absolute Gasteiger partial charge is 0.488 e. The van der Waals surface area contributed by atoms with Crippen molar-refractivity contribution in [1.29, 1.82) is 0 Å². The molecule has 2 rings (SSSR count). The molecule has 0 radical (unpaired) electrons. The third-order valence-corrected chi connectivity index (χ3v) is 3.30. The molecule has 4 heteroatoms. The molecular formula is C14H20F2OS. The van der Waals surface area contributed by atoms with Gasteiger partial charge in [-0.3, -0.25) is 0 Å². The van der Waals surface area contributed by atoms with E-state index in [4.69, 9.17) is 4.74 Å². The molecule has 0 N–H and O–H groups in total. The second-order valence-corrected chi connectivity index (χ2v) is 5.01. The Balaban J connectivity index is 0.000000199. The Morgan fingerprint density at radius 3 is 2.11 bits per heavy atom. The maximum Gasteiger partial charge on any atom is 0.190 e. The van der Waals surface area contributed by atoms with Gasteiger partial charge in [0.15, 0.2) is 17.4 Å². The first kappa shape index (κ1) is 15.3. The normalized spacial score (nSPS) is 15.8. The van der Waals surface area contributed by atoms with Gasteiger partial charge < -0.3 is 4.74 Å². The fourth-order valence-electron chi connectivity index (χ4n) is 1.85. The summed E-state index contributed by atoms with van der Waals surface area (Å²) in [7, 11) is 0. The standard InChI is InChI=1S/C8H8F2O.C6H12S/c1-2-11-8-6(9)4-3-5-7(8)10;7-6-4-2-1-3-5-6/h3-5H,2H2,1H3;6-7H,1-5H2. The van der Waals surface area contributed by atoms with Crippen LogP contribution >= 0.6 is 12.6 Å². The Hall–Kier alpha value is -0.770. The summed E-state index contributed by atoms with van der Waals surface area (Å²) in [6.45, 7) is 1.93. The molecule has 1 aromatic carbocycles. The minimum Gasteiger partial charge on any atom is -0.488 e. The average molecular weight is 274 g/mol. The lowest BCUT2D eigenvalue weighted by Gasteiger charge is -2.14. The molecule has 18 heavy (non-hydrogen) atoms. The van der Waals surface area contributed by atoms with Gasteiger partial charge in [0.05, 0.1) is 6.61 Å². The SMILES string of the molecule is CCOc1c(F)cccc1F.SC1CCCCC1. The number of thiol groups is 1. The van der Waals surface area contributed by atoms with Crippen molar-refractivity contribution in [1.82, 2.24) is 0 Å². The van der Waals surface area contributed by atoms with Crippen molar-refractivity contribution >= 4 is 12.6 Å². The summed E-state index contributed by atoms with van der Waals surface area (Å²) >= 11 is 4.36. The first-order valence-corrected chi connectivity index (χ1v) is 6.91. The summed E-state index contributed by atoms with van der Waals surface area (Å²) in [5.74, 6) is -1.62. The number of halogens is 2. The Kier molecular flexibility index (Phi) is 7.09. The van der Waals surface area contributed by atoms with Gasteiger partial charge >= 0.3 is 0 Å². The summed E-state index contributed by atoms with van der Waals surface area (Å²) in [5, 5.41) is 0.730. The third-order valence-electron chi connectivity index (χ3n) is 2.78. The van der Waals surface area contributed by atoms with E-state index in [-0.39, 0.29) is 12.4 Å². The first-order chi connectivity index (χ1) is 8.65. The van der Waals surface area contributed by atoms with Gasteiger partial charge in [-0.25, -0.2) is 8.78 Å². The van der Waals surface area contributed by atoms with Crippen molar-refractivity contribution in [3.05, 3.63) is 29.8 Å². The van der Waals surface area contributed by atoms with E-state index in [0.717, 1.165) is 17.4 Å². The summed E-state index contributed by atoms with van der Waals surface area (Å²) in [6, 6.07) is 3.62. The van der Waals surface area contributed by atoms with E-state index < -0.39 is 11.6 Å². The fourth-order valence-corrected chi connectivity index (χ4v) is 2.21. The van der Waals surface area contributed by atoms with E-state index in [2.05, 4.69) is 12.6 Å². The number of benzene rings is 1. The average Bonchev–Trinajstić information content (AvgIpc) is 2.36. The van der Waals surface area contributed by atoms with Crippen LogP contribution in [0.2, 0.25) is 0 Å². The van der Waals surface area contributed by atoms with Crippen molar-refractivity contribution in [3.8, 4) is 5.75 Å². The molecule has 1 aliphatic rings. The van der Waals surface area contributed by atoms with Crippen LogP contribution in [0.4, 0.5) is 8.78 Å². The number of ether oxygens (including phenoxy) is 1. The molecule has 0 saturated heterocycles. The highest BCUT2D eigenvalue weighted by Gasteiger charge is 2.07. The van der Waals surface area contributed by atoms with E-state index in [0.29, 0.717) is 0 Å². The zero-order valence-corrected chi connectivity index (χ0v) is 11.6. The van der Waals surface area contributed by atoms with Crippen molar-refractivity contribution in [2.75, 3.05) is 6.61 Å². The molecule has 0 atom stereocenters. The Bertz CT molecular complexity index is 331. The summed E-state index contributed by atoms with van der Waals surface area (Å²) < 4.78 is 30.1. The number of rotatable bonds is 2. The lowest BCUT2D eigenvalue weighted by Crippen LogP contribution is -2.03. The van der Waals surface area contributed by atoms with Crippen LogP contribution in [0.25, 0.3) is 0 Å². The van der Waals surface area contributed by atoms with E-state index in [1.54, 1.807) is 6.92 Å². The van der Waals surface area contributed by atoms with Gasteiger partial charge in [-0.15, -0.1) is 0 Å². The van der Waals surface area contributed by atoms with Crippen molar-refractivity contribution < 1.29 is 13.5 Å². The maximum absolute atomic E-state index is 12.7. The second-order valence-electron chi connectivity index (χ2n) is 4.28. The zero-order chi connectivity index (χ0) is 13.4. The van der Waals surface area contributed by atoms with Gasteiger partial charge in [0.2, 0.25) is 0 Å². The third kappa shape index (κ3) is 5.25. The van der Waals surface area contributed by atoms with Gasteiger partial charge in [0.25, 0.3) is 0 Å². The lowest BCUT2D eigenvalue weighted by atomic mass is 10.0. The van der Waals surface area contributed by atoms with Gasteiger partial charge in [-0.2, -0.15) is 12.6 Å². The second kappa shape index (κ2) is 8.35. The molecule has 1 aliphatic carbocycles. The minimum absolute atomic E-state index is 0.262. The Morgan fingerprint density at radius 1 is 1.17 bits per heavy atom. The van der Waals surface area contributed by atoms with Crippen molar-refractivity contribution in [2.24, 2.45) is 0 Å². The minimum atomic E-state index is -0.660. The van der Waals surface area contributed by atoms with E-state index in [1.165, 1.54) is 38.2 Å². The molecule has 0 unspecified atom stereocenters. The molecule has 1 aromatic rings. The van der Waals surface area contributed by atoms with Crippen LogP contribution in [0.3, 0.4) is 0 Å². The number of hydrogen-bond donors (Lipinski definition) is 1. The molecule has 102 valence electrons. The Labute approximate surface area is 113 Å². The monoisotopic (exact) mass is 274 g/mol. The van der Waals surface area contributed by atoms with E-state index >= 15 is 0 Å². The van der Waals surface area contributed by atoms with Crippen LogP contribution in [0.5, 0.6) is 5.75 Å². The molecule has 0 bridgehead atoms. The van der Waals surface area contributed by atoms with Gasteiger partial charge in [-0.1, -0.05) is 25.3 Å². The summed E-state index contributed by atoms with van der Waals surface area (Å²) in [6.07, 6.45) is 6.96. The van der Waals surface area contributed by atoms with Gasteiger partial charge in [-0.05, 0) is 31.9 Å². The van der Waals surface area contributed by atoms with Crippen molar-refractivity contribution in [3.63, 3.8) is 0 Å². The van der Waals surface area contributed by atoms with E-state index in [9.17, 15) is 8.78 Å². The van der Waals surface area contributed by atoms with Crippen LogP contribution in [0.1, 0.15) is 39.0 Å². The summed E-state index contributed by atoms with van der Waals surface area (Å²) in [4.78, 5) is 0. The molecule has 0 amide bonds. The quantitative estimate of drug-likeness (QED) is 0.775. The van der Waals surface area contributed by atoms with Crippen LogP contribution in [-0.4, -0.2) is 11.9 Å². The zero-order valence-electron chi connectivity index (χ0n) is 10.7. The van der Waals surface area contributed by atoms with Gasteiger partial charge in [0, 0.05) is 5.25 Å². The van der Waals surface area contributed by atoms with Crippen molar-refractivity contribution in [2.45, 2.75) is 44.3 Å². The molecule has 1 nitrogen and oxygen atoms in total. The molecule has 0 aromatic heterocycles. The predicted molar refractivity (Wildman–Crippen MR) is 73.4 cm³/mol. The number of para-hydroxylation sites is 1. The predicted octanol–water partition coefficient (Wildman–Crippen LogP) is 4.61. The van der Waals surface area contributed by atoms with Gasteiger partial charge in [0.1, 0.15) is 0 Å². The molecule has 0 aliphatic heterocycles. The number of hydrogen-bond acceptors (Lipinski definition) is 2. The fraction of sp³-hybridized carbons (Fsp3) is 0.571. The molecule has 0 heterocycles. The molecule has 1 saturated carbocycles. The lowest BCUT2D eigenvalue weighted by molar-refractivity contribution is 0.303. The maximum atomic E-state index is 12.7. The Morgan fingerprint density at radius 2 is 1.72 bits per heavy atom. The molecule has 1 fully saturated rings. The van der Waals surface area contributed by atoms with Crippen LogP contribution in [0.15, 0.2) is 18.2 Å². The highest BCUT2D eigenvalue weighted by atomic mass is 32.1. The van der Waals surface area contributed by atoms with Crippen LogP contribution < -0.4 is 4.74 Å². The molecular weight excluding hydrogens is 254 g/mol. The first-order valence-electron chi connectivity index (χ1n) is 6.40. The van der Waals surface area contributed by atoms with Crippen LogP contribution in [0, 0.1) is 11.6 Å². The van der Waals surface area contributed by atoms with Crippen LogP contribution in [-0.2, 0) is 0 Å². The smallest absolute Gasteiger partial charge is 0.190 e. The molecule has 0 spiro atoms. The summed E-state index contributed by atoms with van der Waals surface area (Å²) in [5.41, 5.74) is 0. The highest BCUT2D eigenvalue weighted by Crippen LogP contribution is 2.21. The highest BCUT2D eigenvalue weighted by molar-refractivity contribution is 7.80. The topological polar surface area (TPSA) is 9.23 Å².